The van der Waals surface area contributed by atoms with Crippen molar-refractivity contribution in [1.82, 2.24) is 15.2 Å². The molecule has 0 radical (unpaired) electrons. The Kier molecular flexibility index (Phi) is 2.74. The summed E-state index contributed by atoms with van der Waals surface area (Å²) in [5.74, 6) is 0.518. The van der Waals surface area contributed by atoms with Crippen LogP contribution in [0.3, 0.4) is 0 Å². The number of rotatable bonds is 1. The number of hydrogen-bond acceptors (Lipinski definition) is 3. The van der Waals surface area contributed by atoms with Crippen LogP contribution in [0.1, 0.15) is 0 Å². The lowest BCUT2D eigenvalue weighted by molar-refractivity contribution is 0.979. The van der Waals surface area contributed by atoms with Crippen molar-refractivity contribution >= 4 is 27.5 Å². The highest BCUT2D eigenvalue weighted by Gasteiger charge is 2.05. The van der Waals surface area contributed by atoms with E-state index in [-0.39, 0.29) is 0 Å². The SMILES string of the molecule is Clc1cnnc(-c2ccccc2Br)n1. The highest BCUT2D eigenvalue weighted by Crippen LogP contribution is 2.24. The molecular formula is C9H5BrClN3. The van der Waals surface area contributed by atoms with Crippen LogP contribution in [0.15, 0.2) is 34.9 Å². The molecule has 0 amide bonds. The van der Waals surface area contributed by atoms with E-state index in [2.05, 4.69) is 31.1 Å². The predicted molar refractivity (Wildman–Crippen MR) is 58.0 cm³/mol. The maximum absolute atomic E-state index is 5.72. The molecule has 0 N–H and O–H groups in total. The number of nitrogens with zero attached hydrogens (tertiary/aromatic N) is 3. The molecule has 0 spiro atoms. The Hall–Kier alpha value is -1.000. The molecule has 14 heavy (non-hydrogen) atoms. The first-order valence-corrected chi connectivity index (χ1v) is 5.04. The second kappa shape index (κ2) is 4.02. The van der Waals surface area contributed by atoms with Crippen LogP contribution in [0.2, 0.25) is 5.15 Å². The summed E-state index contributed by atoms with van der Waals surface area (Å²) in [5, 5.41) is 7.97. The summed E-state index contributed by atoms with van der Waals surface area (Å²) in [6, 6.07) is 7.65. The van der Waals surface area contributed by atoms with Gasteiger partial charge in [-0.2, -0.15) is 5.10 Å². The molecule has 0 fully saturated rings. The monoisotopic (exact) mass is 269 g/mol. The van der Waals surface area contributed by atoms with Crippen LogP contribution in [0, 0.1) is 0 Å². The van der Waals surface area contributed by atoms with Gasteiger partial charge >= 0.3 is 0 Å². The van der Waals surface area contributed by atoms with E-state index in [1.807, 2.05) is 24.3 Å². The smallest absolute Gasteiger partial charge is 0.184 e. The Bertz CT molecular complexity index is 461. The molecule has 0 aliphatic heterocycles. The third kappa shape index (κ3) is 1.91. The van der Waals surface area contributed by atoms with Crippen molar-refractivity contribution in [2.75, 3.05) is 0 Å². The first kappa shape index (κ1) is 9.55. The lowest BCUT2D eigenvalue weighted by atomic mass is 10.2. The van der Waals surface area contributed by atoms with Crippen LogP contribution >= 0.6 is 27.5 Å². The lowest BCUT2D eigenvalue weighted by Crippen LogP contribution is -1.92. The molecule has 1 aromatic heterocycles. The third-order valence-corrected chi connectivity index (χ3v) is 2.52. The number of aromatic nitrogens is 3. The first-order chi connectivity index (χ1) is 6.77. The molecule has 0 aliphatic carbocycles. The van der Waals surface area contributed by atoms with Crippen LogP contribution < -0.4 is 0 Å². The zero-order valence-electron chi connectivity index (χ0n) is 6.98. The fourth-order valence-electron chi connectivity index (χ4n) is 1.04. The zero-order chi connectivity index (χ0) is 9.97. The summed E-state index contributed by atoms with van der Waals surface area (Å²) >= 11 is 9.12. The normalized spacial score (nSPS) is 10.1. The van der Waals surface area contributed by atoms with Gasteiger partial charge < -0.3 is 0 Å². The minimum absolute atomic E-state index is 0.339. The van der Waals surface area contributed by atoms with Crippen LogP contribution in [-0.2, 0) is 0 Å². The van der Waals surface area contributed by atoms with Crippen LogP contribution in [0.25, 0.3) is 11.4 Å². The van der Waals surface area contributed by atoms with E-state index < -0.39 is 0 Å². The second-order valence-electron chi connectivity index (χ2n) is 2.58. The van der Waals surface area contributed by atoms with Gasteiger partial charge in [-0.05, 0) is 12.1 Å². The van der Waals surface area contributed by atoms with Gasteiger partial charge in [0.15, 0.2) is 11.0 Å². The quantitative estimate of drug-likeness (QED) is 0.800. The highest BCUT2D eigenvalue weighted by molar-refractivity contribution is 9.10. The molecule has 2 aromatic rings. The van der Waals surface area contributed by atoms with E-state index in [0.29, 0.717) is 11.0 Å². The van der Waals surface area contributed by atoms with Crippen molar-refractivity contribution in [1.29, 1.82) is 0 Å². The molecule has 5 heteroatoms. The average molecular weight is 271 g/mol. The van der Waals surface area contributed by atoms with Crippen molar-refractivity contribution in [2.24, 2.45) is 0 Å². The van der Waals surface area contributed by atoms with Gasteiger partial charge in [0.25, 0.3) is 0 Å². The van der Waals surface area contributed by atoms with Gasteiger partial charge in [0, 0.05) is 10.0 Å². The molecule has 0 saturated heterocycles. The lowest BCUT2D eigenvalue weighted by Gasteiger charge is -2.00. The van der Waals surface area contributed by atoms with E-state index in [4.69, 9.17) is 11.6 Å². The Morgan fingerprint density at radius 3 is 2.71 bits per heavy atom. The summed E-state index contributed by atoms with van der Waals surface area (Å²) in [5.41, 5.74) is 0.877. The Morgan fingerprint density at radius 2 is 2.00 bits per heavy atom. The fourth-order valence-corrected chi connectivity index (χ4v) is 1.63. The van der Waals surface area contributed by atoms with Gasteiger partial charge in [0.1, 0.15) is 0 Å². The van der Waals surface area contributed by atoms with Crippen molar-refractivity contribution in [3.05, 3.63) is 40.1 Å². The molecule has 0 aliphatic rings. The van der Waals surface area contributed by atoms with E-state index in [1.165, 1.54) is 6.20 Å². The van der Waals surface area contributed by atoms with Gasteiger partial charge in [-0.3, -0.25) is 0 Å². The average Bonchev–Trinajstić information content (AvgIpc) is 2.18. The molecule has 3 nitrogen and oxygen atoms in total. The maximum atomic E-state index is 5.72. The molecular weight excluding hydrogens is 265 g/mol. The summed E-state index contributed by atoms with van der Waals surface area (Å²) in [4.78, 5) is 4.07. The molecule has 0 bridgehead atoms. The summed E-state index contributed by atoms with van der Waals surface area (Å²) in [7, 11) is 0. The second-order valence-corrected chi connectivity index (χ2v) is 3.82. The topological polar surface area (TPSA) is 38.7 Å². The van der Waals surface area contributed by atoms with Crippen molar-refractivity contribution < 1.29 is 0 Å². The number of halogens is 2. The molecule has 1 aromatic carbocycles. The minimum atomic E-state index is 0.339. The number of hydrogen-bond donors (Lipinski definition) is 0. The Morgan fingerprint density at radius 1 is 1.21 bits per heavy atom. The van der Waals surface area contributed by atoms with Gasteiger partial charge in [0.2, 0.25) is 0 Å². The predicted octanol–water partition coefficient (Wildman–Crippen LogP) is 2.95. The standard InChI is InChI=1S/C9H5BrClN3/c10-7-4-2-1-3-6(7)9-13-8(11)5-12-14-9/h1-5H. The molecule has 0 atom stereocenters. The van der Waals surface area contributed by atoms with Crippen molar-refractivity contribution in [3.8, 4) is 11.4 Å². The largest absolute Gasteiger partial charge is 0.213 e. The molecule has 70 valence electrons. The summed E-state index contributed by atoms with van der Waals surface area (Å²) < 4.78 is 0.920. The zero-order valence-corrected chi connectivity index (χ0v) is 9.33. The summed E-state index contributed by atoms with van der Waals surface area (Å²) in [6.45, 7) is 0. The molecule has 2 rings (SSSR count). The Labute approximate surface area is 94.3 Å². The number of benzene rings is 1. The minimum Gasteiger partial charge on any atom is -0.213 e. The van der Waals surface area contributed by atoms with E-state index in [1.54, 1.807) is 0 Å². The Balaban J connectivity index is 2.55. The fraction of sp³-hybridized carbons (Fsp3) is 0. The van der Waals surface area contributed by atoms with E-state index in [0.717, 1.165) is 10.0 Å². The molecule has 0 saturated carbocycles. The first-order valence-electron chi connectivity index (χ1n) is 3.87. The molecule has 0 unspecified atom stereocenters. The van der Waals surface area contributed by atoms with Crippen molar-refractivity contribution in [3.63, 3.8) is 0 Å². The maximum Gasteiger partial charge on any atom is 0.184 e. The molecule has 1 heterocycles. The summed E-state index contributed by atoms with van der Waals surface area (Å²) in [6.07, 6.45) is 1.40. The van der Waals surface area contributed by atoms with Gasteiger partial charge in [-0.25, -0.2) is 4.98 Å². The van der Waals surface area contributed by atoms with Gasteiger partial charge in [-0.1, -0.05) is 39.7 Å². The van der Waals surface area contributed by atoms with Gasteiger partial charge in [0.05, 0.1) is 6.20 Å². The van der Waals surface area contributed by atoms with Gasteiger partial charge in [-0.15, -0.1) is 5.10 Å². The highest BCUT2D eigenvalue weighted by atomic mass is 79.9. The van der Waals surface area contributed by atoms with Crippen LogP contribution in [0.5, 0.6) is 0 Å². The van der Waals surface area contributed by atoms with Crippen LogP contribution in [0.4, 0.5) is 0 Å². The van der Waals surface area contributed by atoms with Crippen molar-refractivity contribution in [2.45, 2.75) is 0 Å². The third-order valence-electron chi connectivity index (χ3n) is 1.64. The van der Waals surface area contributed by atoms with Crippen LogP contribution in [-0.4, -0.2) is 15.2 Å². The van der Waals surface area contributed by atoms with E-state index in [9.17, 15) is 0 Å². The van der Waals surface area contributed by atoms with E-state index >= 15 is 0 Å².